The van der Waals surface area contributed by atoms with Crippen molar-refractivity contribution in [3.63, 3.8) is 0 Å². The number of benzene rings is 1. The molecule has 0 aliphatic carbocycles. The summed E-state index contributed by atoms with van der Waals surface area (Å²) in [6.45, 7) is 8.29. The lowest BCUT2D eigenvalue weighted by molar-refractivity contribution is -0.135. The smallest absolute Gasteiger partial charge is 0.227 e. The molecule has 7 nitrogen and oxygen atoms in total. The van der Waals surface area contributed by atoms with Crippen LogP contribution in [-0.2, 0) is 11.3 Å². The first kappa shape index (κ1) is 21.0. The molecule has 0 radical (unpaired) electrons. The Morgan fingerprint density at radius 3 is 2.61 bits per heavy atom. The summed E-state index contributed by atoms with van der Waals surface area (Å²) in [4.78, 5) is 25.9. The Morgan fingerprint density at radius 1 is 1.13 bits per heavy atom. The maximum absolute atomic E-state index is 13.3. The van der Waals surface area contributed by atoms with Crippen molar-refractivity contribution in [2.75, 3.05) is 25.0 Å². The number of carbonyl (C=O) groups excluding carboxylic acids is 1. The van der Waals surface area contributed by atoms with Gasteiger partial charge in [-0.25, -0.2) is 14.6 Å². The third kappa shape index (κ3) is 4.31. The van der Waals surface area contributed by atoms with E-state index in [1.54, 1.807) is 12.4 Å². The number of aryl methyl sites for hydroxylation is 2. The summed E-state index contributed by atoms with van der Waals surface area (Å²) >= 11 is 0. The molecule has 2 aromatic heterocycles. The van der Waals surface area contributed by atoms with Crippen molar-refractivity contribution >= 4 is 11.9 Å². The van der Waals surface area contributed by atoms with Gasteiger partial charge in [-0.2, -0.15) is 5.10 Å². The molecule has 1 aliphatic rings. The fourth-order valence-electron chi connectivity index (χ4n) is 4.38. The molecule has 1 unspecified atom stereocenters. The topological polar surface area (TPSA) is 67.2 Å². The largest absolute Gasteiger partial charge is 0.341 e. The van der Waals surface area contributed by atoms with E-state index in [4.69, 9.17) is 5.10 Å². The molecule has 3 aromatic rings. The Bertz CT molecular complexity index is 1060. The minimum Gasteiger partial charge on any atom is -0.341 e. The van der Waals surface area contributed by atoms with E-state index in [-0.39, 0.29) is 11.8 Å². The quantitative estimate of drug-likeness (QED) is 0.635. The van der Waals surface area contributed by atoms with Crippen LogP contribution < -0.4 is 4.90 Å². The molecule has 0 N–H and O–H groups in total. The summed E-state index contributed by atoms with van der Waals surface area (Å²) in [5, 5.41) is 4.77. The van der Waals surface area contributed by atoms with Gasteiger partial charge in [0, 0.05) is 50.3 Å². The zero-order chi connectivity index (χ0) is 22.0. The van der Waals surface area contributed by atoms with Crippen LogP contribution in [0, 0.1) is 26.7 Å². The lowest BCUT2D eigenvalue weighted by Gasteiger charge is -2.34. The van der Waals surface area contributed by atoms with Crippen molar-refractivity contribution in [3.05, 3.63) is 65.2 Å². The van der Waals surface area contributed by atoms with Crippen LogP contribution in [0.2, 0.25) is 0 Å². The van der Waals surface area contributed by atoms with Crippen LogP contribution >= 0.6 is 0 Å². The second-order valence-corrected chi connectivity index (χ2v) is 8.38. The van der Waals surface area contributed by atoms with Gasteiger partial charge in [0.15, 0.2) is 0 Å². The fourth-order valence-corrected chi connectivity index (χ4v) is 4.38. The average molecular weight is 419 g/mol. The predicted octanol–water partition coefficient (Wildman–Crippen LogP) is 3.46. The summed E-state index contributed by atoms with van der Waals surface area (Å²) in [6.07, 6.45) is 5.35. The van der Waals surface area contributed by atoms with E-state index in [1.165, 1.54) is 5.56 Å². The summed E-state index contributed by atoms with van der Waals surface area (Å²) < 4.78 is 1.99. The van der Waals surface area contributed by atoms with Gasteiger partial charge >= 0.3 is 0 Å². The molecular weight excluding hydrogens is 388 g/mol. The van der Waals surface area contributed by atoms with Gasteiger partial charge < -0.3 is 9.80 Å². The standard InChI is InChI=1S/C24H30N6O/c1-17-9-5-6-11-22(17)30-19(3)21(18(2)27-30)16-28(4)23(31)20-10-7-14-29(15-20)24-25-12-8-13-26-24/h5-6,8-9,11-13,20H,7,10,14-16H2,1-4H3. The van der Waals surface area contributed by atoms with E-state index >= 15 is 0 Å². The molecule has 0 saturated carbocycles. The lowest BCUT2D eigenvalue weighted by atomic mass is 9.96. The molecule has 7 heteroatoms. The molecule has 162 valence electrons. The summed E-state index contributed by atoms with van der Waals surface area (Å²) in [5.41, 5.74) is 5.40. The van der Waals surface area contributed by atoms with E-state index < -0.39 is 0 Å². The first-order valence-electron chi connectivity index (χ1n) is 10.8. The zero-order valence-electron chi connectivity index (χ0n) is 18.7. The first-order valence-corrected chi connectivity index (χ1v) is 10.8. The number of piperidine rings is 1. The molecule has 1 amide bonds. The number of nitrogens with zero attached hydrogens (tertiary/aromatic N) is 6. The number of carbonyl (C=O) groups is 1. The van der Waals surface area contributed by atoms with Gasteiger partial charge in [-0.15, -0.1) is 0 Å². The van der Waals surface area contributed by atoms with Crippen molar-refractivity contribution in [1.29, 1.82) is 0 Å². The van der Waals surface area contributed by atoms with Crippen LogP contribution in [0.25, 0.3) is 5.69 Å². The van der Waals surface area contributed by atoms with Crippen LogP contribution in [0.3, 0.4) is 0 Å². The first-order chi connectivity index (χ1) is 15.0. The Kier molecular flexibility index (Phi) is 6.02. The number of amides is 1. The Balaban J connectivity index is 1.49. The van der Waals surface area contributed by atoms with Crippen LogP contribution in [0.15, 0.2) is 42.7 Å². The maximum atomic E-state index is 13.3. The van der Waals surface area contributed by atoms with Gasteiger partial charge in [-0.3, -0.25) is 4.79 Å². The highest BCUT2D eigenvalue weighted by Crippen LogP contribution is 2.24. The molecule has 4 rings (SSSR count). The summed E-state index contributed by atoms with van der Waals surface area (Å²) in [5.74, 6) is 0.825. The zero-order valence-corrected chi connectivity index (χ0v) is 18.7. The molecule has 1 fully saturated rings. The highest BCUT2D eigenvalue weighted by Gasteiger charge is 2.29. The molecule has 0 spiro atoms. The van der Waals surface area contributed by atoms with Crippen molar-refractivity contribution in [1.82, 2.24) is 24.6 Å². The van der Waals surface area contributed by atoms with Crippen LogP contribution in [0.4, 0.5) is 5.95 Å². The number of hydrogen-bond donors (Lipinski definition) is 0. The normalized spacial score (nSPS) is 16.4. The van der Waals surface area contributed by atoms with Crippen molar-refractivity contribution in [3.8, 4) is 5.69 Å². The van der Waals surface area contributed by atoms with E-state index in [0.717, 1.165) is 42.0 Å². The maximum Gasteiger partial charge on any atom is 0.227 e. The van der Waals surface area contributed by atoms with Crippen LogP contribution in [0.5, 0.6) is 0 Å². The fraction of sp³-hybridized carbons (Fsp3) is 0.417. The molecule has 1 atom stereocenters. The van der Waals surface area contributed by atoms with E-state index in [0.29, 0.717) is 19.0 Å². The molecule has 3 heterocycles. The van der Waals surface area contributed by atoms with Gasteiger partial charge in [-0.1, -0.05) is 18.2 Å². The predicted molar refractivity (Wildman–Crippen MR) is 121 cm³/mol. The van der Waals surface area contributed by atoms with Gasteiger partial charge in [-0.05, 0) is 51.3 Å². The molecule has 1 aromatic carbocycles. The van der Waals surface area contributed by atoms with Gasteiger partial charge in [0.2, 0.25) is 11.9 Å². The Morgan fingerprint density at radius 2 is 1.87 bits per heavy atom. The van der Waals surface area contributed by atoms with Crippen LogP contribution in [0.1, 0.15) is 35.4 Å². The number of aromatic nitrogens is 4. The Hall–Kier alpha value is -3.22. The SMILES string of the molecule is Cc1ccccc1-n1nc(C)c(CN(C)C(=O)C2CCCN(c3ncccn3)C2)c1C. The second-order valence-electron chi connectivity index (χ2n) is 8.38. The van der Waals surface area contributed by atoms with Crippen molar-refractivity contribution < 1.29 is 4.79 Å². The molecule has 1 saturated heterocycles. The van der Waals surface area contributed by atoms with Gasteiger partial charge in [0.05, 0.1) is 17.3 Å². The second kappa shape index (κ2) is 8.88. The highest BCUT2D eigenvalue weighted by atomic mass is 16.2. The third-order valence-corrected chi connectivity index (χ3v) is 6.16. The third-order valence-electron chi connectivity index (χ3n) is 6.16. The molecular formula is C24H30N6O. The van der Waals surface area contributed by atoms with Gasteiger partial charge in [0.25, 0.3) is 0 Å². The lowest BCUT2D eigenvalue weighted by Crippen LogP contribution is -2.44. The van der Waals surface area contributed by atoms with Gasteiger partial charge in [0.1, 0.15) is 0 Å². The summed E-state index contributed by atoms with van der Waals surface area (Å²) in [7, 11) is 1.89. The minimum absolute atomic E-state index is 0.0467. The highest BCUT2D eigenvalue weighted by molar-refractivity contribution is 5.79. The average Bonchev–Trinajstić information content (AvgIpc) is 3.07. The summed E-state index contributed by atoms with van der Waals surface area (Å²) in [6, 6.07) is 10.0. The number of rotatable bonds is 5. The van der Waals surface area contributed by atoms with E-state index in [2.05, 4.69) is 40.8 Å². The molecule has 1 aliphatic heterocycles. The van der Waals surface area contributed by atoms with Crippen molar-refractivity contribution in [2.24, 2.45) is 5.92 Å². The van der Waals surface area contributed by atoms with Crippen molar-refractivity contribution in [2.45, 2.75) is 40.2 Å². The monoisotopic (exact) mass is 418 g/mol. The number of anilines is 1. The van der Waals surface area contributed by atoms with Crippen LogP contribution in [-0.4, -0.2) is 50.7 Å². The minimum atomic E-state index is -0.0467. The Labute approximate surface area is 183 Å². The number of para-hydroxylation sites is 1. The van der Waals surface area contributed by atoms with E-state index in [9.17, 15) is 4.79 Å². The molecule has 31 heavy (non-hydrogen) atoms. The molecule has 0 bridgehead atoms. The van der Waals surface area contributed by atoms with E-state index in [1.807, 2.05) is 41.8 Å². The number of hydrogen-bond acceptors (Lipinski definition) is 5.